The number of aryl methyl sites for hydroxylation is 1. The SMILES string of the molecule is CCN(CC)C(=O)c1ccc2c(ccn2CCNCCCCc2ccncc2)c1. The van der Waals surface area contributed by atoms with Crippen molar-refractivity contribution in [3.8, 4) is 0 Å². The van der Waals surface area contributed by atoms with Crippen molar-refractivity contribution < 1.29 is 4.79 Å². The fourth-order valence-electron chi connectivity index (χ4n) is 3.67. The van der Waals surface area contributed by atoms with Crippen LogP contribution < -0.4 is 5.32 Å². The van der Waals surface area contributed by atoms with Crippen molar-refractivity contribution in [2.45, 2.75) is 39.7 Å². The van der Waals surface area contributed by atoms with Gasteiger partial charge < -0.3 is 14.8 Å². The number of aromatic nitrogens is 2. The maximum atomic E-state index is 12.6. The van der Waals surface area contributed by atoms with Crippen LogP contribution in [0.5, 0.6) is 0 Å². The number of carbonyl (C=O) groups excluding carboxylic acids is 1. The topological polar surface area (TPSA) is 50.2 Å². The second kappa shape index (κ2) is 10.8. The van der Waals surface area contributed by atoms with Gasteiger partial charge in [-0.15, -0.1) is 0 Å². The van der Waals surface area contributed by atoms with E-state index in [0.29, 0.717) is 0 Å². The van der Waals surface area contributed by atoms with Crippen LogP contribution in [0.3, 0.4) is 0 Å². The smallest absolute Gasteiger partial charge is 0.253 e. The monoisotopic (exact) mass is 392 g/mol. The fourth-order valence-corrected chi connectivity index (χ4v) is 3.67. The van der Waals surface area contributed by atoms with E-state index < -0.39 is 0 Å². The van der Waals surface area contributed by atoms with Crippen LogP contribution >= 0.6 is 0 Å². The summed E-state index contributed by atoms with van der Waals surface area (Å²) in [5.41, 5.74) is 3.31. The number of hydrogen-bond donors (Lipinski definition) is 1. The highest BCUT2D eigenvalue weighted by molar-refractivity contribution is 5.98. The van der Waals surface area contributed by atoms with Crippen molar-refractivity contribution >= 4 is 16.8 Å². The van der Waals surface area contributed by atoms with Crippen molar-refractivity contribution in [1.82, 2.24) is 19.8 Å². The molecule has 1 aromatic carbocycles. The van der Waals surface area contributed by atoms with Crippen LogP contribution in [0, 0.1) is 0 Å². The first-order chi connectivity index (χ1) is 14.2. The molecule has 154 valence electrons. The van der Waals surface area contributed by atoms with E-state index in [1.165, 1.54) is 23.9 Å². The number of hydrogen-bond acceptors (Lipinski definition) is 3. The Morgan fingerprint density at radius 3 is 2.59 bits per heavy atom. The third-order valence-corrected chi connectivity index (χ3v) is 5.42. The zero-order chi connectivity index (χ0) is 20.5. The van der Waals surface area contributed by atoms with Gasteiger partial charge >= 0.3 is 0 Å². The van der Waals surface area contributed by atoms with Crippen LogP contribution in [-0.2, 0) is 13.0 Å². The van der Waals surface area contributed by atoms with Crippen molar-refractivity contribution in [1.29, 1.82) is 0 Å². The van der Waals surface area contributed by atoms with E-state index in [-0.39, 0.29) is 5.91 Å². The fraction of sp³-hybridized carbons (Fsp3) is 0.417. The molecule has 1 amide bonds. The summed E-state index contributed by atoms with van der Waals surface area (Å²) in [6.07, 6.45) is 9.30. The molecule has 0 fully saturated rings. The first-order valence-electron chi connectivity index (χ1n) is 10.7. The minimum absolute atomic E-state index is 0.109. The summed E-state index contributed by atoms with van der Waals surface area (Å²) in [7, 11) is 0. The summed E-state index contributed by atoms with van der Waals surface area (Å²) < 4.78 is 2.25. The number of nitrogens with one attached hydrogen (secondary N) is 1. The molecule has 0 saturated carbocycles. The number of fused-ring (bicyclic) bond motifs is 1. The molecule has 0 bridgehead atoms. The predicted molar refractivity (Wildman–Crippen MR) is 119 cm³/mol. The Hall–Kier alpha value is -2.66. The minimum atomic E-state index is 0.109. The van der Waals surface area contributed by atoms with Gasteiger partial charge in [0.05, 0.1) is 0 Å². The molecule has 5 nitrogen and oxygen atoms in total. The molecular weight excluding hydrogens is 360 g/mol. The lowest BCUT2D eigenvalue weighted by Crippen LogP contribution is -2.30. The molecule has 0 unspecified atom stereocenters. The Morgan fingerprint density at radius 2 is 1.83 bits per heavy atom. The predicted octanol–water partition coefficient (Wildman–Crippen LogP) is 4.13. The number of pyridine rings is 1. The molecule has 3 aromatic rings. The van der Waals surface area contributed by atoms with Gasteiger partial charge in [-0.05, 0) is 81.6 Å². The Bertz CT molecular complexity index is 900. The molecule has 2 aromatic heterocycles. The van der Waals surface area contributed by atoms with Gasteiger partial charge in [-0.25, -0.2) is 0 Å². The van der Waals surface area contributed by atoms with Crippen LogP contribution in [-0.4, -0.2) is 46.5 Å². The molecule has 29 heavy (non-hydrogen) atoms. The van der Waals surface area contributed by atoms with E-state index in [1.807, 2.05) is 43.3 Å². The summed E-state index contributed by atoms with van der Waals surface area (Å²) in [5, 5.41) is 4.67. The van der Waals surface area contributed by atoms with Crippen molar-refractivity contribution in [3.63, 3.8) is 0 Å². The van der Waals surface area contributed by atoms with E-state index >= 15 is 0 Å². The Kier molecular flexibility index (Phi) is 7.82. The van der Waals surface area contributed by atoms with Crippen LogP contribution in [0.4, 0.5) is 0 Å². The third kappa shape index (κ3) is 5.67. The Labute approximate surface area is 173 Å². The highest BCUT2D eigenvalue weighted by Crippen LogP contribution is 2.19. The van der Waals surface area contributed by atoms with Crippen molar-refractivity contribution in [2.75, 3.05) is 26.2 Å². The molecule has 2 heterocycles. The van der Waals surface area contributed by atoms with Crippen molar-refractivity contribution in [3.05, 3.63) is 66.1 Å². The molecule has 0 aliphatic rings. The maximum absolute atomic E-state index is 12.6. The standard InChI is InChI=1S/C24H32N4O/c1-3-27(4-2)24(29)22-8-9-23-21(19-22)12-17-28(23)18-16-25-13-6-5-7-20-10-14-26-15-11-20/h8-12,14-15,17,19,25H,3-7,13,16,18H2,1-2H3. The van der Waals surface area contributed by atoms with Gasteiger partial charge in [0.25, 0.3) is 5.91 Å². The largest absolute Gasteiger partial charge is 0.346 e. The first-order valence-corrected chi connectivity index (χ1v) is 10.7. The third-order valence-electron chi connectivity index (χ3n) is 5.42. The number of benzene rings is 1. The lowest BCUT2D eigenvalue weighted by molar-refractivity contribution is 0.0773. The zero-order valence-electron chi connectivity index (χ0n) is 17.6. The minimum Gasteiger partial charge on any atom is -0.346 e. The summed E-state index contributed by atoms with van der Waals surface area (Å²) >= 11 is 0. The molecule has 1 N–H and O–H groups in total. The van der Waals surface area contributed by atoms with Gasteiger partial charge in [0, 0.05) is 61.2 Å². The molecular formula is C24H32N4O. The number of rotatable bonds is 11. The number of amides is 1. The number of nitrogens with zero attached hydrogens (tertiary/aromatic N) is 3. The van der Waals surface area contributed by atoms with E-state index in [0.717, 1.165) is 50.1 Å². The molecule has 0 aliphatic heterocycles. The summed E-state index contributed by atoms with van der Waals surface area (Å²) in [4.78, 5) is 18.5. The maximum Gasteiger partial charge on any atom is 0.253 e. The summed E-state index contributed by atoms with van der Waals surface area (Å²) in [6.45, 7) is 8.42. The highest BCUT2D eigenvalue weighted by Gasteiger charge is 2.13. The molecule has 0 aliphatic carbocycles. The molecule has 0 spiro atoms. The lowest BCUT2D eigenvalue weighted by Gasteiger charge is -2.18. The first kappa shape index (κ1) is 21.1. The van der Waals surface area contributed by atoms with E-state index in [1.54, 1.807) is 0 Å². The zero-order valence-corrected chi connectivity index (χ0v) is 17.6. The quantitative estimate of drug-likeness (QED) is 0.499. The lowest BCUT2D eigenvalue weighted by atomic mass is 10.1. The van der Waals surface area contributed by atoms with Gasteiger partial charge in [-0.3, -0.25) is 9.78 Å². The average Bonchev–Trinajstić information content (AvgIpc) is 3.17. The Morgan fingerprint density at radius 1 is 1.03 bits per heavy atom. The normalized spacial score (nSPS) is 11.1. The average molecular weight is 393 g/mol. The van der Waals surface area contributed by atoms with Crippen LogP contribution in [0.2, 0.25) is 0 Å². The second-order valence-corrected chi connectivity index (χ2v) is 7.32. The van der Waals surface area contributed by atoms with E-state index in [4.69, 9.17) is 0 Å². The molecule has 0 atom stereocenters. The van der Waals surface area contributed by atoms with Gasteiger partial charge in [-0.1, -0.05) is 0 Å². The number of carbonyl (C=O) groups is 1. The molecule has 0 radical (unpaired) electrons. The Balaban J connectivity index is 1.44. The van der Waals surface area contributed by atoms with Crippen LogP contribution in [0.25, 0.3) is 10.9 Å². The van der Waals surface area contributed by atoms with E-state index in [9.17, 15) is 4.79 Å². The van der Waals surface area contributed by atoms with Gasteiger partial charge in [0.15, 0.2) is 0 Å². The van der Waals surface area contributed by atoms with E-state index in [2.05, 4.69) is 45.3 Å². The summed E-state index contributed by atoms with van der Waals surface area (Å²) in [5.74, 6) is 0.109. The van der Waals surface area contributed by atoms with Gasteiger partial charge in [0.1, 0.15) is 0 Å². The van der Waals surface area contributed by atoms with Gasteiger partial charge in [-0.2, -0.15) is 0 Å². The highest BCUT2D eigenvalue weighted by atomic mass is 16.2. The molecule has 5 heteroatoms. The molecule has 3 rings (SSSR count). The van der Waals surface area contributed by atoms with Crippen LogP contribution in [0.1, 0.15) is 42.6 Å². The molecule has 0 saturated heterocycles. The van der Waals surface area contributed by atoms with Crippen molar-refractivity contribution in [2.24, 2.45) is 0 Å². The van der Waals surface area contributed by atoms with Crippen LogP contribution in [0.15, 0.2) is 55.0 Å². The summed E-state index contributed by atoms with van der Waals surface area (Å²) in [6, 6.07) is 12.3. The number of unbranched alkanes of at least 4 members (excludes halogenated alkanes) is 1. The second-order valence-electron chi connectivity index (χ2n) is 7.32. The van der Waals surface area contributed by atoms with Gasteiger partial charge in [0.2, 0.25) is 0 Å².